The van der Waals surface area contributed by atoms with Crippen LogP contribution in [0.25, 0.3) is 0 Å². The Bertz CT molecular complexity index is 937. The topological polar surface area (TPSA) is 49.8 Å². The van der Waals surface area contributed by atoms with Crippen molar-refractivity contribution in [3.63, 3.8) is 0 Å². The molecule has 2 N–H and O–H groups in total. The minimum absolute atomic E-state index is 0.372. The Morgan fingerprint density at radius 1 is 1.00 bits per heavy atom. The van der Waals surface area contributed by atoms with Crippen molar-refractivity contribution in [3.8, 4) is 0 Å². The van der Waals surface area contributed by atoms with Crippen LogP contribution in [0.5, 0.6) is 0 Å². The maximum Gasteiger partial charge on any atom is 0.416 e. The summed E-state index contributed by atoms with van der Waals surface area (Å²) in [6, 6.07) is 13.1. The number of aromatic nitrogens is 2. The highest BCUT2D eigenvalue weighted by Gasteiger charge is 2.29. The van der Waals surface area contributed by atoms with Gasteiger partial charge in [0.2, 0.25) is 0 Å². The van der Waals surface area contributed by atoms with E-state index in [-0.39, 0.29) is 0 Å². The molecule has 1 aromatic carbocycles. The van der Waals surface area contributed by atoms with Crippen LogP contribution in [0.15, 0.2) is 60.9 Å². The maximum absolute atomic E-state index is 12.6. The van der Waals surface area contributed by atoms with E-state index >= 15 is 0 Å². The smallest absolute Gasteiger partial charge is 0.369 e. The van der Waals surface area contributed by atoms with Gasteiger partial charge >= 0.3 is 6.18 Å². The molecule has 1 unspecified atom stereocenters. The number of fused-ring (bicyclic) bond motifs is 1. The normalized spacial score (nSPS) is 15.8. The standard InChI is InChI=1S/C21H19F3N4/c22-21(23,24)17-6-3-14(4-7-17)11-26-19-8-5-15(12-27-19)10-16-13-28-20-18(16)2-1-9-25-20/h1-9,12,16H,10-11,13H2,(H,25,28)(H,26,27). The third kappa shape index (κ3) is 4.08. The first-order valence-electron chi connectivity index (χ1n) is 9.03. The first kappa shape index (κ1) is 18.3. The van der Waals surface area contributed by atoms with Crippen LogP contribution < -0.4 is 10.6 Å². The highest BCUT2D eigenvalue weighted by molar-refractivity contribution is 5.52. The third-order valence-corrected chi connectivity index (χ3v) is 4.86. The molecule has 4 rings (SSSR count). The van der Waals surface area contributed by atoms with Gasteiger partial charge in [-0.3, -0.25) is 0 Å². The minimum Gasteiger partial charge on any atom is -0.369 e. The fraction of sp³-hybridized carbons (Fsp3) is 0.238. The van der Waals surface area contributed by atoms with Crippen LogP contribution in [0.2, 0.25) is 0 Å². The van der Waals surface area contributed by atoms with Gasteiger partial charge in [0.05, 0.1) is 5.56 Å². The van der Waals surface area contributed by atoms with Crippen molar-refractivity contribution >= 4 is 11.6 Å². The van der Waals surface area contributed by atoms with Gasteiger partial charge in [0.15, 0.2) is 0 Å². The summed E-state index contributed by atoms with van der Waals surface area (Å²) in [5, 5.41) is 6.46. The summed E-state index contributed by atoms with van der Waals surface area (Å²) in [7, 11) is 0. The zero-order valence-corrected chi connectivity index (χ0v) is 15.0. The van der Waals surface area contributed by atoms with E-state index in [1.54, 1.807) is 6.20 Å². The second kappa shape index (κ2) is 7.50. The van der Waals surface area contributed by atoms with E-state index in [2.05, 4.69) is 26.7 Å². The molecule has 0 fully saturated rings. The van der Waals surface area contributed by atoms with Crippen molar-refractivity contribution < 1.29 is 13.2 Å². The number of anilines is 2. The molecule has 1 atom stereocenters. The lowest BCUT2D eigenvalue weighted by Gasteiger charge is -2.11. The van der Waals surface area contributed by atoms with Gasteiger partial charge in [-0.15, -0.1) is 0 Å². The van der Waals surface area contributed by atoms with E-state index in [9.17, 15) is 13.2 Å². The van der Waals surface area contributed by atoms with E-state index in [4.69, 9.17) is 0 Å². The molecular formula is C21H19F3N4. The zero-order chi connectivity index (χ0) is 19.6. The molecule has 144 valence electrons. The molecule has 3 aromatic rings. The number of alkyl halides is 3. The van der Waals surface area contributed by atoms with Gasteiger partial charge in [-0.2, -0.15) is 13.2 Å². The molecule has 0 spiro atoms. The molecule has 7 heteroatoms. The zero-order valence-electron chi connectivity index (χ0n) is 15.0. The summed E-state index contributed by atoms with van der Waals surface area (Å²) >= 11 is 0. The second-order valence-electron chi connectivity index (χ2n) is 6.82. The molecule has 0 bridgehead atoms. The van der Waals surface area contributed by atoms with Crippen molar-refractivity contribution in [1.29, 1.82) is 0 Å². The van der Waals surface area contributed by atoms with Crippen LogP contribution in [-0.4, -0.2) is 16.5 Å². The van der Waals surface area contributed by atoms with Gasteiger partial charge in [-0.25, -0.2) is 9.97 Å². The number of hydrogen-bond donors (Lipinski definition) is 2. The van der Waals surface area contributed by atoms with Crippen molar-refractivity contribution in [1.82, 2.24) is 9.97 Å². The van der Waals surface area contributed by atoms with Gasteiger partial charge in [0.25, 0.3) is 0 Å². The Kier molecular flexibility index (Phi) is 4.90. The van der Waals surface area contributed by atoms with E-state index in [1.807, 2.05) is 24.4 Å². The average Bonchev–Trinajstić information content (AvgIpc) is 3.10. The predicted molar refractivity (Wildman–Crippen MR) is 102 cm³/mol. The number of hydrogen-bond acceptors (Lipinski definition) is 4. The Balaban J connectivity index is 1.34. The van der Waals surface area contributed by atoms with Crippen LogP contribution in [0.4, 0.5) is 24.8 Å². The quantitative estimate of drug-likeness (QED) is 0.660. The monoisotopic (exact) mass is 384 g/mol. The van der Waals surface area contributed by atoms with Crippen LogP contribution in [0.1, 0.15) is 28.2 Å². The second-order valence-corrected chi connectivity index (χ2v) is 6.82. The van der Waals surface area contributed by atoms with E-state index in [1.165, 1.54) is 17.7 Å². The molecule has 3 heterocycles. The predicted octanol–water partition coefficient (Wildman–Crippen LogP) is 4.86. The molecule has 1 aliphatic rings. The van der Waals surface area contributed by atoms with Gasteiger partial charge < -0.3 is 10.6 Å². The van der Waals surface area contributed by atoms with Crippen molar-refractivity contribution in [2.45, 2.75) is 25.1 Å². The average molecular weight is 384 g/mol. The van der Waals surface area contributed by atoms with Crippen LogP contribution >= 0.6 is 0 Å². The number of benzene rings is 1. The third-order valence-electron chi connectivity index (χ3n) is 4.86. The summed E-state index contributed by atoms with van der Waals surface area (Å²) < 4.78 is 37.8. The van der Waals surface area contributed by atoms with Crippen molar-refractivity contribution in [2.75, 3.05) is 17.2 Å². The lowest BCUT2D eigenvalue weighted by Crippen LogP contribution is -2.07. The highest BCUT2D eigenvalue weighted by Crippen LogP contribution is 2.32. The summed E-state index contributed by atoms with van der Waals surface area (Å²) in [6.07, 6.45) is 0.184. The lowest BCUT2D eigenvalue weighted by molar-refractivity contribution is -0.137. The largest absolute Gasteiger partial charge is 0.416 e. The minimum atomic E-state index is -4.31. The fourth-order valence-corrected chi connectivity index (χ4v) is 3.35. The highest BCUT2D eigenvalue weighted by atomic mass is 19.4. The number of pyridine rings is 2. The summed E-state index contributed by atoms with van der Waals surface area (Å²) in [5.41, 5.74) is 2.48. The van der Waals surface area contributed by atoms with E-state index < -0.39 is 11.7 Å². The summed E-state index contributed by atoms with van der Waals surface area (Å²) in [4.78, 5) is 8.76. The molecule has 0 aliphatic carbocycles. The Morgan fingerprint density at radius 3 is 2.50 bits per heavy atom. The molecule has 0 amide bonds. The summed E-state index contributed by atoms with van der Waals surface area (Å²) in [5.74, 6) is 2.02. The Labute approximate surface area is 160 Å². The summed E-state index contributed by atoms with van der Waals surface area (Å²) in [6.45, 7) is 1.27. The number of halogens is 3. The van der Waals surface area contributed by atoms with Crippen LogP contribution in [0.3, 0.4) is 0 Å². The molecule has 2 aromatic heterocycles. The lowest BCUT2D eigenvalue weighted by atomic mass is 9.96. The van der Waals surface area contributed by atoms with E-state index in [0.29, 0.717) is 18.3 Å². The first-order chi connectivity index (χ1) is 13.5. The van der Waals surface area contributed by atoms with Gasteiger partial charge in [-0.1, -0.05) is 24.3 Å². The fourth-order valence-electron chi connectivity index (χ4n) is 3.35. The SMILES string of the molecule is FC(F)(F)c1ccc(CNc2ccc(CC3CNc4ncccc43)cn2)cc1. The van der Waals surface area contributed by atoms with Gasteiger partial charge in [0.1, 0.15) is 11.6 Å². The van der Waals surface area contributed by atoms with E-state index in [0.717, 1.165) is 42.0 Å². The van der Waals surface area contributed by atoms with Crippen LogP contribution in [0, 0.1) is 0 Å². The first-order valence-corrected chi connectivity index (χ1v) is 9.03. The molecular weight excluding hydrogens is 365 g/mol. The Hall–Kier alpha value is -3.09. The van der Waals surface area contributed by atoms with Crippen molar-refractivity contribution in [2.24, 2.45) is 0 Å². The molecule has 1 aliphatic heterocycles. The van der Waals surface area contributed by atoms with Gasteiger partial charge in [-0.05, 0) is 47.4 Å². The van der Waals surface area contributed by atoms with Crippen molar-refractivity contribution in [3.05, 3.63) is 83.2 Å². The maximum atomic E-state index is 12.6. The molecule has 0 saturated heterocycles. The number of rotatable bonds is 5. The van der Waals surface area contributed by atoms with Gasteiger partial charge in [0, 0.05) is 31.4 Å². The number of nitrogens with zero attached hydrogens (tertiary/aromatic N) is 2. The Morgan fingerprint density at radius 2 is 1.79 bits per heavy atom. The molecule has 4 nitrogen and oxygen atoms in total. The molecule has 0 saturated carbocycles. The molecule has 28 heavy (non-hydrogen) atoms. The van der Waals surface area contributed by atoms with Crippen LogP contribution in [-0.2, 0) is 19.1 Å². The number of nitrogens with one attached hydrogen (secondary N) is 2. The molecule has 0 radical (unpaired) electrons.